The highest BCUT2D eigenvalue weighted by atomic mass is 16.4. The standard InChI is InChI=1S/C12H8N2O5/c15-10(12(18)19)14-8-5-6-3-1-2-4-7(6)13-9(8)11(16)17/h1-5H,(H,14,15)(H,16,17)(H,18,19). The summed E-state index contributed by atoms with van der Waals surface area (Å²) in [5.41, 5.74) is -0.125. The molecule has 2 aromatic rings. The minimum atomic E-state index is -1.70. The number of aromatic nitrogens is 1. The molecule has 0 aliphatic carbocycles. The summed E-state index contributed by atoms with van der Waals surface area (Å²) in [6.45, 7) is 0. The van der Waals surface area contributed by atoms with Crippen LogP contribution < -0.4 is 5.32 Å². The summed E-state index contributed by atoms with van der Waals surface area (Å²) in [6.07, 6.45) is 0. The van der Waals surface area contributed by atoms with E-state index >= 15 is 0 Å². The number of anilines is 1. The molecule has 0 saturated carbocycles. The number of aromatic carboxylic acids is 1. The summed E-state index contributed by atoms with van der Waals surface area (Å²) in [5, 5.41) is 20.1. The van der Waals surface area contributed by atoms with Crippen molar-refractivity contribution in [2.24, 2.45) is 0 Å². The second-order valence-corrected chi connectivity index (χ2v) is 3.64. The van der Waals surface area contributed by atoms with Gasteiger partial charge in [-0.3, -0.25) is 4.79 Å². The quantitative estimate of drug-likeness (QED) is 0.692. The van der Waals surface area contributed by atoms with Crippen LogP contribution in [-0.2, 0) is 9.59 Å². The zero-order valence-electron chi connectivity index (χ0n) is 9.45. The second kappa shape index (κ2) is 4.73. The summed E-state index contributed by atoms with van der Waals surface area (Å²) >= 11 is 0. The molecule has 0 spiro atoms. The van der Waals surface area contributed by atoms with Crippen molar-refractivity contribution in [2.45, 2.75) is 0 Å². The Hall–Kier alpha value is -2.96. The van der Waals surface area contributed by atoms with Crippen LogP contribution in [0.2, 0.25) is 0 Å². The van der Waals surface area contributed by atoms with Crippen molar-refractivity contribution in [1.82, 2.24) is 4.98 Å². The number of hydrogen-bond acceptors (Lipinski definition) is 4. The van der Waals surface area contributed by atoms with Gasteiger partial charge in [-0.15, -0.1) is 0 Å². The number of nitrogens with zero attached hydrogens (tertiary/aromatic N) is 1. The van der Waals surface area contributed by atoms with Gasteiger partial charge in [0.15, 0.2) is 5.69 Å². The maximum atomic E-state index is 11.1. The summed E-state index contributed by atoms with van der Waals surface area (Å²) in [7, 11) is 0. The number of para-hydroxylation sites is 1. The van der Waals surface area contributed by atoms with Gasteiger partial charge in [0.05, 0.1) is 11.2 Å². The van der Waals surface area contributed by atoms with Gasteiger partial charge in [0.1, 0.15) is 0 Å². The van der Waals surface area contributed by atoms with E-state index in [4.69, 9.17) is 10.2 Å². The van der Waals surface area contributed by atoms with Crippen LogP contribution in [0.3, 0.4) is 0 Å². The normalized spacial score (nSPS) is 10.1. The van der Waals surface area contributed by atoms with Crippen molar-refractivity contribution >= 4 is 34.4 Å². The maximum absolute atomic E-state index is 11.1. The minimum absolute atomic E-state index is 0.154. The third-order valence-electron chi connectivity index (χ3n) is 2.37. The molecule has 0 aliphatic rings. The molecule has 1 aromatic heterocycles. The van der Waals surface area contributed by atoms with Crippen molar-refractivity contribution < 1.29 is 24.6 Å². The number of nitrogens with one attached hydrogen (secondary N) is 1. The Bertz CT molecular complexity index is 696. The lowest BCUT2D eigenvalue weighted by Crippen LogP contribution is -2.23. The number of carbonyl (C=O) groups excluding carboxylic acids is 1. The Morgan fingerprint density at radius 1 is 1.11 bits per heavy atom. The monoisotopic (exact) mass is 260 g/mol. The molecular formula is C12H8N2O5. The predicted octanol–water partition coefficient (Wildman–Crippen LogP) is 0.956. The molecule has 2 rings (SSSR count). The first-order valence-corrected chi connectivity index (χ1v) is 5.16. The van der Waals surface area contributed by atoms with Gasteiger partial charge in [-0.2, -0.15) is 0 Å². The Kier molecular flexibility index (Phi) is 3.11. The first-order chi connectivity index (χ1) is 8.99. The van der Waals surface area contributed by atoms with Crippen LogP contribution in [0.1, 0.15) is 10.5 Å². The lowest BCUT2D eigenvalue weighted by atomic mass is 10.1. The van der Waals surface area contributed by atoms with E-state index in [0.29, 0.717) is 10.9 Å². The SMILES string of the molecule is O=C(O)C(=O)Nc1cc2ccccc2nc1C(=O)O. The molecule has 0 saturated heterocycles. The number of aliphatic carboxylic acids is 1. The number of fused-ring (bicyclic) bond motifs is 1. The van der Waals surface area contributed by atoms with Gasteiger partial charge >= 0.3 is 17.8 Å². The molecule has 0 radical (unpaired) electrons. The predicted molar refractivity (Wildman–Crippen MR) is 65.0 cm³/mol. The Balaban J connectivity index is 2.56. The van der Waals surface area contributed by atoms with Gasteiger partial charge in [0.25, 0.3) is 0 Å². The second-order valence-electron chi connectivity index (χ2n) is 3.64. The fraction of sp³-hybridized carbons (Fsp3) is 0. The van der Waals surface area contributed by atoms with Crippen LogP contribution in [0.25, 0.3) is 10.9 Å². The number of rotatable bonds is 2. The molecule has 96 valence electrons. The number of carbonyl (C=O) groups is 3. The molecule has 0 aliphatic heterocycles. The van der Waals surface area contributed by atoms with Crippen molar-refractivity contribution in [3.8, 4) is 0 Å². The highest BCUT2D eigenvalue weighted by molar-refractivity contribution is 6.36. The molecule has 0 atom stereocenters. The highest BCUT2D eigenvalue weighted by Gasteiger charge is 2.18. The van der Waals surface area contributed by atoms with E-state index < -0.39 is 23.5 Å². The number of carboxylic acid groups (broad SMARTS) is 2. The fourth-order valence-corrected chi connectivity index (χ4v) is 1.55. The van der Waals surface area contributed by atoms with Crippen LogP contribution in [-0.4, -0.2) is 33.0 Å². The summed E-state index contributed by atoms with van der Waals surface area (Å²) in [6, 6.07) is 8.06. The van der Waals surface area contributed by atoms with Gasteiger partial charge in [-0.25, -0.2) is 14.6 Å². The van der Waals surface area contributed by atoms with Crippen LogP contribution in [0.4, 0.5) is 5.69 Å². The van der Waals surface area contributed by atoms with Crippen molar-refractivity contribution in [2.75, 3.05) is 5.32 Å². The molecule has 1 aromatic carbocycles. The lowest BCUT2D eigenvalue weighted by Gasteiger charge is -2.07. The first kappa shape index (κ1) is 12.5. The molecule has 7 heteroatoms. The number of amides is 1. The minimum Gasteiger partial charge on any atom is -0.476 e. The van der Waals surface area contributed by atoms with Gasteiger partial charge < -0.3 is 15.5 Å². The van der Waals surface area contributed by atoms with Gasteiger partial charge in [0, 0.05) is 5.39 Å². The average Bonchev–Trinajstić information content (AvgIpc) is 2.37. The van der Waals surface area contributed by atoms with E-state index in [9.17, 15) is 14.4 Å². The summed E-state index contributed by atoms with van der Waals surface area (Å²) in [5.74, 6) is -4.38. The molecule has 1 amide bonds. The molecule has 7 nitrogen and oxygen atoms in total. The molecule has 19 heavy (non-hydrogen) atoms. The van der Waals surface area contributed by atoms with Gasteiger partial charge in [-0.1, -0.05) is 18.2 Å². The molecule has 3 N–H and O–H groups in total. The van der Waals surface area contributed by atoms with Crippen molar-refractivity contribution in [3.63, 3.8) is 0 Å². The van der Waals surface area contributed by atoms with Gasteiger partial charge in [0.2, 0.25) is 0 Å². The fourth-order valence-electron chi connectivity index (χ4n) is 1.55. The third-order valence-corrected chi connectivity index (χ3v) is 2.37. The summed E-state index contributed by atoms with van der Waals surface area (Å²) < 4.78 is 0. The van der Waals surface area contributed by atoms with Crippen LogP contribution in [0.15, 0.2) is 30.3 Å². The van der Waals surface area contributed by atoms with E-state index in [1.807, 2.05) is 5.32 Å². The Labute approximate surface area is 106 Å². The Morgan fingerprint density at radius 2 is 1.79 bits per heavy atom. The van der Waals surface area contributed by atoms with Crippen molar-refractivity contribution in [1.29, 1.82) is 0 Å². The molecule has 1 heterocycles. The zero-order chi connectivity index (χ0) is 14.0. The van der Waals surface area contributed by atoms with E-state index in [2.05, 4.69) is 4.98 Å². The molecular weight excluding hydrogens is 252 g/mol. The van der Waals surface area contributed by atoms with E-state index in [1.54, 1.807) is 24.3 Å². The van der Waals surface area contributed by atoms with Crippen LogP contribution >= 0.6 is 0 Å². The zero-order valence-corrected chi connectivity index (χ0v) is 9.45. The average molecular weight is 260 g/mol. The molecule has 0 fully saturated rings. The largest absolute Gasteiger partial charge is 0.476 e. The van der Waals surface area contributed by atoms with E-state index in [0.717, 1.165) is 0 Å². The number of carboxylic acids is 2. The third kappa shape index (κ3) is 2.49. The first-order valence-electron chi connectivity index (χ1n) is 5.16. The Morgan fingerprint density at radius 3 is 2.42 bits per heavy atom. The molecule has 0 bridgehead atoms. The van der Waals surface area contributed by atoms with E-state index in [-0.39, 0.29) is 5.69 Å². The number of benzene rings is 1. The number of hydrogen-bond donors (Lipinski definition) is 3. The van der Waals surface area contributed by atoms with Crippen LogP contribution in [0, 0.1) is 0 Å². The van der Waals surface area contributed by atoms with Crippen LogP contribution in [0.5, 0.6) is 0 Å². The highest BCUT2D eigenvalue weighted by Crippen LogP contribution is 2.21. The van der Waals surface area contributed by atoms with Gasteiger partial charge in [-0.05, 0) is 12.1 Å². The number of pyridine rings is 1. The van der Waals surface area contributed by atoms with Crippen molar-refractivity contribution in [3.05, 3.63) is 36.0 Å². The van der Waals surface area contributed by atoms with E-state index in [1.165, 1.54) is 6.07 Å². The summed E-state index contributed by atoms with van der Waals surface area (Å²) in [4.78, 5) is 36.5. The topological polar surface area (TPSA) is 117 Å². The maximum Gasteiger partial charge on any atom is 0.394 e. The molecule has 0 unspecified atom stereocenters. The lowest BCUT2D eigenvalue weighted by molar-refractivity contribution is -0.147. The smallest absolute Gasteiger partial charge is 0.394 e.